The zero-order valence-corrected chi connectivity index (χ0v) is 18.6. The number of carbonyl (C=O) groups excluding carboxylic acids is 1. The first-order valence-corrected chi connectivity index (χ1v) is 11.0. The van der Waals surface area contributed by atoms with E-state index in [-0.39, 0.29) is 5.97 Å². The number of imidazole rings is 1. The Morgan fingerprint density at radius 1 is 1.13 bits per heavy atom. The second kappa shape index (κ2) is 9.10. The van der Waals surface area contributed by atoms with Crippen LogP contribution in [0.25, 0.3) is 11.0 Å². The van der Waals surface area contributed by atoms with E-state index in [2.05, 4.69) is 34.7 Å². The van der Waals surface area contributed by atoms with Crippen molar-refractivity contribution in [3.05, 3.63) is 59.9 Å². The van der Waals surface area contributed by atoms with E-state index in [0.29, 0.717) is 13.0 Å². The molecule has 0 unspecified atom stereocenters. The van der Waals surface area contributed by atoms with Crippen molar-refractivity contribution in [1.82, 2.24) is 14.5 Å². The number of carbonyl (C=O) groups is 1. The standard InChI is InChI=1S/C25H31N3O3/c1-4-31-24(29)25(17-19-8-7-9-20(16-19)30-3)12-14-28(15-13-25)18-23-26-21-10-5-6-11-22(21)27(23)2/h5-11,16H,4,12-15,17-18H2,1-3H3. The number of rotatable bonds is 7. The second-order valence-corrected chi connectivity index (χ2v) is 8.38. The number of hydrogen-bond acceptors (Lipinski definition) is 5. The van der Waals surface area contributed by atoms with Crippen LogP contribution in [-0.4, -0.2) is 47.2 Å². The first kappa shape index (κ1) is 21.4. The summed E-state index contributed by atoms with van der Waals surface area (Å²) in [5, 5.41) is 0. The van der Waals surface area contributed by atoms with E-state index in [9.17, 15) is 4.79 Å². The number of ether oxygens (including phenoxy) is 2. The Hall–Kier alpha value is -2.86. The van der Waals surface area contributed by atoms with Crippen LogP contribution in [0.2, 0.25) is 0 Å². The molecule has 4 rings (SSSR count). The minimum Gasteiger partial charge on any atom is -0.497 e. The maximum absolute atomic E-state index is 13.0. The minimum absolute atomic E-state index is 0.0831. The molecule has 0 amide bonds. The first-order chi connectivity index (χ1) is 15.0. The van der Waals surface area contributed by atoms with Gasteiger partial charge in [0.25, 0.3) is 0 Å². The molecule has 31 heavy (non-hydrogen) atoms. The number of hydrogen-bond donors (Lipinski definition) is 0. The van der Waals surface area contributed by atoms with E-state index in [4.69, 9.17) is 14.5 Å². The van der Waals surface area contributed by atoms with E-state index in [1.165, 1.54) is 0 Å². The molecule has 3 aromatic rings. The Balaban J connectivity index is 1.49. The molecule has 0 bridgehead atoms. The molecule has 0 aliphatic carbocycles. The third kappa shape index (κ3) is 4.44. The van der Waals surface area contributed by atoms with Crippen molar-refractivity contribution in [3.63, 3.8) is 0 Å². The van der Waals surface area contributed by atoms with Gasteiger partial charge in [0.2, 0.25) is 0 Å². The van der Waals surface area contributed by atoms with Gasteiger partial charge in [0, 0.05) is 7.05 Å². The topological polar surface area (TPSA) is 56.6 Å². The highest BCUT2D eigenvalue weighted by atomic mass is 16.5. The number of para-hydroxylation sites is 2. The van der Waals surface area contributed by atoms with Crippen molar-refractivity contribution in [3.8, 4) is 5.75 Å². The summed E-state index contributed by atoms with van der Waals surface area (Å²) in [6.45, 7) is 4.74. The van der Waals surface area contributed by atoms with E-state index in [0.717, 1.165) is 60.6 Å². The molecule has 164 valence electrons. The van der Waals surface area contributed by atoms with Crippen LogP contribution in [0.3, 0.4) is 0 Å². The van der Waals surface area contributed by atoms with Crippen LogP contribution >= 0.6 is 0 Å². The van der Waals surface area contributed by atoms with Gasteiger partial charge in [0.05, 0.1) is 36.7 Å². The van der Waals surface area contributed by atoms with Crippen molar-refractivity contribution in [2.24, 2.45) is 12.5 Å². The van der Waals surface area contributed by atoms with Crippen LogP contribution in [0.1, 0.15) is 31.2 Å². The third-order valence-corrected chi connectivity index (χ3v) is 6.44. The quantitative estimate of drug-likeness (QED) is 0.541. The maximum atomic E-state index is 13.0. The molecule has 1 aromatic heterocycles. The Labute approximate surface area is 183 Å². The van der Waals surface area contributed by atoms with Gasteiger partial charge in [-0.2, -0.15) is 0 Å². The van der Waals surface area contributed by atoms with Crippen molar-refractivity contribution < 1.29 is 14.3 Å². The number of piperidine rings is 1. The Morgan fingerprint density at radius 3 is 2.61 bits per heavy atom. The summed E-state index contributed by atoms with van der Waals surface area (Å²) in [7, 11) is 3.74. The summed E-state index contributed by atoms with van der Waals surface area (Å²) < 4.78 is 13.1. The van der Waals surface area contributed by atoms with E-state index >= 15 is 0 Å². The number of fused-ring (bicyclic) bond motifs is 1. The van der Waals surface area contributed by atoms with Crippen LogP contribution in [-0.2, 0) is 29.5 Å². The highest BCUT2D eigenvalue weighted by molar-refractivity contribution is 5.77. The molecule has 2 aromatic carbocycles. The molecule has 1 aliphatic heterocycles. The van der Waals surface area contributed by atoms with Crippen LogP contribution in [0, 0.1) is 5.41 Å². The van der Waals surface area contributed by atoms with Gasteiger partial charge in [-0.15, -0.1) is 0 Å². The molecule has 0 saturated carbocycles. The maximum Gasteiger partial charge on any atom is 0.312 e. The lowest BCUT2D eigenvalue weighted by atomic mass is 9.73. The van der Waals surface area contributed by atoms with Gasteiger partial charge in [0.1, 0.15) is 11.6 Å². The molecular formula is C25H31N3O3. The lowest BCUT2D eigenvalue weighted by molar-refractivity contribution is -0.158. The largest absolute Gasteiger partial charge is 0.497 e. The molecule has 1 fully saturated rings. The molecule has 0 N–H and O–H groups in total. The summed E-state index contributed by atoms with van der Waals surface area (Å²) >= 11 is 0. The molecule has 0 spiro atoms. The first-order valence-electron chi connectivity index (χ1n) is 11.0. The number of benzene rings is 2. The zero-order chi connectivity index (χ0) is 21.8. The molecule has 6 nitrogen and oxygen atoms in total. The summed E-state index contributed by atoms with van der Waals surface area (Å²) in [6, 6.07) is 16.2. The molecule has 2 heterocycles. The number of aromatic nitrogens is 2. The smallest absolute Gasteiger partial charge is 0.312 e. The Kier molecular flexibility index (Phi) is 6.28. The van der Waals surface area contributed by atoms with Gasteiger partial charge in [-0.3, -0.25) is 9.69 Å². The predicted molar refractivity (Wildman–Crippen MR) is 121 cm³/mol. The van der Waals surface area contributed by atoms with E-state index in [1.807, 2.05) is 37.3 Å². The van der Waals surface area contributed by atoms with Gasteiger partial charge < -0.3 is 14.0 Å². The van der Waals surface area contributed by atoms with E-state index in [1.54, 1.807) is 7.11 Å². The minimum atomic E-state index is -0.495. The highest BCUT2D eigenvalue weighted by Gasteiger charge is 2.43. The molecule has 6 heteroatoms. The van der Waals surface area contributed by atoms with Crippen molar-refractivity contribution >= 4 is 17.0 Å². The van der Waals surface area contributed by atoms with Crippen molar-refractivity contribution in [1.29, 1.82) is 0 Å². The Morgan fingerprint density at radius 2 is 1.90 bits per heavy atom. The number of methoxy groups -OCH3 is 1. The van der Waals surface area contributed by atoms with Gasteiger partial charge in [-0.1, -0.05) is 24.3 Å². The summed E-state index contributed by atoms with van der Waals surface area (Å²) in [5.74, 6) is 1.79. The van der Waals surface area contributed by atoms with Gasteiger partial charge in [0.15, 0.2) is 0 Å². The predicted octanol–water partition coefficient (Wildman–Crippen LogP) is 3.97. The highest BCUT2D eigenvalue weighted by Crippen LogP contribution is 2.37. The zero-order valence-electron chi connectivity index (χ0n) is 18.6. The average Bonchev–Trinajstić information content (AvgIpc) is 3.11. The van der Waals surface area contributed by atoms with Crippen molar-refractivity contribution in [2.75, 3.05) is 26.8 Å². The van der Waals surface area contributed by atoms with Gasteiger partial charge >= 0.3 is 5.97 Å². The lowest BCUT2D eigenvalue weighted by Crippen LogP contribution is -2.46. The normalized spacial score (nSPS) is 16.4. The summed E-state index contributed by atoms with van der Waals surface area (Å²) in [5.41, 5.74) is 2.78. The van der Waals surface area contributed by atoms with Crippen molar-refractivity contribution in [2.45, 2.75) is 32.7 Å². The molecule has 0 radical (unpaired) electrons. The van der Waals surface area contributed by atoms with Gasteiger partial charge in [-0.05, 0) is 69.1 Å². The molecular weight excluding hydrogens is 390 g/mol. The van der Waals surface area contributed by atoms with Crippen LogP contribution < -0.4 is 4.74 Å². The third-order valence-electron chi connectivity index (χ3n) is 6.44. The van der Waals surface area contributed by atoms with E-state index < -0.39 is 5.41 Å². The molecule has 1 saturated heterocycles. The van der Waals surface area contributed by atoms with Gasteiger partial charge in [-0.25, -0.2) is 4.98 Å². The number of esters is 1. The summed E-state index contributed by atoms with van der Waals surface area (Å²) in [6.07, 6.45) is 2.21. The Bertz CT molecular complexity index is 1050. The second-order valence-electron chi connectivity index (χ2n) is 8.38. The molecule has 1 aliphatic rings. The van der Waals surface area contributed by atoms with Crippen LogP contribution in [0.4, 0.5) is 0 Å². The number of aryl methyl sites for hydroxylation is 1. The lowest BCUT2D eigenvalue weighted by Gasteiger charge is -2.40. The van der Waals surface area contributed by atoms with Crippen LogP contribution in [0.15, 0.2) is 48.5 Å². The SMILES string of the molecule is CCOC(=O)C1(Cc2cccc(OC)c2)CCN(Cc2nc3ccccc3n2C)CC1. The average molecular weight is 422 g/mol. The fourth-order valence-corrected chi connectivity index (χ4v) is 4.59. The fraction of sp³-hybridized carbons (Fsp3) is 0.440. The van der Waals surface area contributed by atoms with Crippen LogP contribution in [0.5, 0.6) is 5.75 Å². The fourth-order valence-electron chi connectivity index (χ4n) is 4.59. The molecule has 0 atom stereocenters. The number of nitrogens with zero attached hydrogens (tertiary/aromatic N) is 3. The summed E-state index contributed by atoms with van der Waals surface area (Å²) in [4.78, 5) is 20.2. The monoisotopic (exact) mass is 421 g/mol. The number of likely N-dealkylation sites (tertiary alicyclic amines) is 1.